The normalized spacial score (nSPS) is 27.2. The van der Waals surface area contributed by atoms with E-state index in [0.717, 1.165) is 0 Å². The monoisotopic (exact) mass is 566 g/mol. The number of aliphatic hydroxyl groups excluding tert-OH is 8. The molecule has 10 N–H and O–H groups in total. The third kappa shape index (κ3) is 7.98. The van der Waals surface area contributed by atoms with E-state index in [1.54, 1.807) is 12.1 Å². The minimum Gasteiger partial charge on any atom is -0.394 e. The van der Waals surface area contributed by atoms with Crippen LogP contribution in [-0.2, 0) is 24.3 Å². The highest BCUT2D eigenvalue weighted by molar-refractivity contribution is 7.89. The Kier molecular flexibility index (Phi) is 12.2. The SMILES string of the molecule is C=Cc1ccc(S(=O)(=O)NCCNC(=O)[C@H](O)[C@H](O)[C@H](O[C@@H]2O[C@H](CO)[C@H](O)[C@H](O)[C@H]2O)[C@H](O)CO)cc1. The van der Waals surface area contributed by atoms with E-state index < -0.39 is 84.3 Å². The molecule has 1 aromatic carbocycles. The van der Waals surface area contributed by atoms with Crippen LogP contribution in [0.5, 0.6) is 0 Å². The quantitative estimate of drug-likeness (QED) is 0.0948. The molecule has 1 amide bonds. The first-order chi connectivity index (χ1) is 17.9. The second-order valence-corrected chi connectivity index (χ2v) is 10.2. The van der Waals surface area contributed by atoms with E-state index in [9.17, 15) is 54.1 Å². The highest BCUT2D eigenvalue weighted by Crippen LogP contribution is 2.25. The van der Waals surface area contributed by atoms with Crippen molar-refractivity contribution in [3.63, 3.8) is 0 Å². The number of rotatable bonds is 14. The molecule has 1 aliphatic rings. The second-order valence-electron chi connectivity index (χ2n) is 8.45. The van der Waals surface area contributed by atoms with Crippen LogP contribution in [0.1, 0.15) is 5.56 Å². The Morgan fingerprint density at radius 1 is 1.05 bits per heavy atom. The largest absolute Gasteiger partial charge is 0.394 e. The van der Waals surface area contributed by atoms with E-state index >= 15 is 0 Å². The number of nitrogens with one attached hydrogen (secondary N) is 2. The van der Waals surface area contributed by atoms with Crippen LogP contribution in [-0.4, -0.2) is 137 Å². The molecule has 0 aliphatic carbocycles. The van der Waals surface area contributed by atoms with Crippen LogP contribution >= 0.6 is 0 Å². The Bertz CT molecular complexity index is 1010. The smallest absolute Gasteiger partial charge is 0.251 e. The van der Waals surface area contributed by atoms with Gasteiger partial charge >= 0.3 is 0 Å². The third-order valence-corrected chi connectivity index (χ3v) is 7.25. The fourth-order valence-electron chi connectivity index (χ4n) is 3.51. The lowest BCUT2D eigenvalue weighted by Crippen LogP contribution is -2.62. The zero-order chi connectivity index (χ0) is 28.6. The van der Waals surface area contributed by atoms with Crippen molar-refractivity contribution in [3.05, 3.63) is 36.4 Å². The van der Waals surface area contributed by atoms with Crippen LogP contribution in [0.15, 0.2) is 35.7 Å². The summed E-state index contributed by atoms with van der Waals surface area (Å²) >= 11 is 0. The molecule has 0 bridgehead atoms. The molecular weight excluding hydrogens is 532 g/mol. The molecule has 0 spiro atoms. The zero-order valence-electron chi connectivity index (χ0n) is 20.1. The number of sulfonamides is 1. The first-order valence-corrected chi connectivity index (χ1v) is 13.0. The van der Waals surface area contributed by atoms with Crippen LogP contribution in [0, 0.1) is 0 Å². The third-order valence-electron chi connectivity index (χ3n) is 5.78. The summed E-state index contributed by atoms with van der Waals surface area (Å²) in [5.74, 6) is -1.19. The van der Waals surface area contributed by atoms with E-state index in [0.29, 0.717) is 5.56 Å². The van der Waals surface area contributed by atoms with Gasteiger partial charge in [-0.15, -0.1) is 0 Å². The lowest BCUT2D eigenvalue weighted by Gasteiger charge is -2.42. The van der Waals surface area contributed by atoms with Gasteiger partial charge in [0.2, 0.25) is 10.0 Å². The predicted molar refractivity (Wildman–Crippen MR) is 128 cm³/mol. The number of hydrogen-bond donors (Lipinski definition) is 10. The molecule has 16 heteroatoms. The summed E-state index contributed by atoms with van der Waals surface area (Å²) in [6, 6.07) is 5.81. The van der Waals surface area contributed by atoms with Crippen LogP contribution in [0.2, 0.25) is 0 Å². The summed E-state index contributed by atoms with van der Waals surface area (Å²) < 4.78 is 37.2. The minimum atomic E-state index is -3.91. The maximum atomic E-state index is 12.3. The van der Waals surface area contributed by atoms with Gasteiger partial charge in [0, 0.05) is 13.1 Å². The lowest BCUT2D eigenvalue weighted by atomic mass is 9.98. The first-order valence-electron chi connectivity index (χ1n) is 11.5. The fourth-order valence-corrected chi connectivity index (χ4v) is 4.55. The molecule has 1 fully saturated rings. The summed E-state index contributed by atoms with van der Waals surface area (Å²) in [5.41, 5.74) is 0.712. The number of carbonyl (C=O) groups is 1. The number of ether oxygens (including phenoxy) is 2. The van der Waals surface area contributed by atoms with Gasteiger partial charge in [0.05, 0.1) is 18.1 Å². The van der Waals surface area contributed by atoms with Crippen molar-refractivity contribution < 1.29 is 63.5 Å². The number of amides is 1. The molecular formula is C22H34N2O13S. The van der Waals surface area contributed by atoms with Crippen molar-refractivity contribution in [2.45, 2.75) is 60.0 Å². The van der Waals surface area contributed by atoms with Crippen molar-refractivity contribution in [2.24, 2.45) is 0 Å². The number of carbonyl (C=O) groups excluding carboxylic acids is 1. The van der Waals surface area contributed by atoms with Gasteiger partial charge in [0.25, 0.3) is 5.91 Å². The Morgan fingerprint density at radius 2 is 1.68 bits per heavy atom. The average Bonchev–Trinajstić information content (AvgIpc) is 2.92. The fraction of sp³-hybridized carbons (Fsp3) is 0.591. The van der Waals surface area contributed by atoms with Crippen molar-refractivity contribution in [2.75, 3.05) is 26.3 Å². The molecule has 0 radical (unpaired) electrons. The number of aliphatic hydroxyl groups is 8. The minimum absolute atomic E-state index is 0.0314. The van der Waals surface area contributed by atoms with Gasteiger partial charge < -0.3 is 55.6 Å². The number of hydrogen-bond acceptors (Lipinski definition) is 13. The van der Waals surface area contributed by atoms with Crippen molar-refractivity contribution in [1.29, 1.82) is 0 Å². The van der Waals surface area contributed by atoms with Crippen molar-refractivity contribution in [3.8, 4) is 0 Å². The molecule has 2 rings (SSSR count). The summed E-state index contributed by atoms with van der Waals surface area (Å²) in [6.45, 7) is 1.15. The zero-order valence-corrected chi connectivity index (χ0v) is 21.0. The summed E-state index contributed by atoms with van der Waals surface area (Å²) in [6.07, 6.45) is -15.6. The summed E-state index contributed by atoms with van der Waals surface area (Å²) in [7, 11) is -3.91. The molecule has 0 aromatic heterocycles. The van der Waals surface area contributed by atoms with Gasteiger partial charge in [-0.3, -0.25) is 4.79 Å². The topological polar surface area (TPSA) is 256 Å². The molecule has 15 nitrogen and oxygen atoms in total. The van der Waals surface area contributed by atoms with Gasteiger partial charge in [0.15, 0.2) is 12.4 Å². The van der Waals surface area contributed by atoms with Crippen LogP contribution in [0.4, 0.5) is 0 Å². The average molecular weight is 567 g/mol. The van der Waals surface area contributed by atoms with Gasteiger partial charge in [-0.2, -0.15) is 0 Å². The van der Waals surface area contributed by atoms with Gasteiger partial charge in [-0.1, -0.05) is 24.8 Å². The Labute approximate surface area is 218 Å². The lowest BCUT2D eigenvalue weighted by molar-refractivity contribution is -0.326. The van der Waals surface area contributed by atoms with Gasteiger partial charge in [-0.25, -0.2) is 13.1 Å². The first kappa shape index (κ1) is 32.2. The van der Waals surface area contributed by atoms with E-state index in [-0.39, 0.29) is 18.0 Å². The molecule has 216 valence electrons. The summed E-state index contributed by atoms with van der Waals surface area (Å²) in [5, 5.41) is 81.4. The van der Waals surface area contributed by atoms with Crippen LogP contribution < -0.4 is 10.0 Å². The molecule has 0 unspecified atom stereocenters. The maximum Gasteiger partial charge on any atom is 0.251 e. The molecule has 9 atom stereocenters. The standard InChI is InChI=1S/C22H34N2O13S/c1-2-11-3-5-12(6-4-11)38(34,35)24-8-7-23-21(33)18(31)17(30)20(13(27)9-25)37-22-19(32)16(29)15(28)14(10-26)36-22/h2-6,13-20,22,24-32H,1,7-10H2,(H,23,33)/t13-,14-,15+,16+,17+,18-,19-,20-,22+/m1/s1. The summed E-state index contributed by atoms with van der Waals surface area (Å²) in [4.78, 5) is 12.3. The van der Waals surface area contributed by atoms with E-state index in [1.165, 1.54) is 18.2 Å². The highest BCUT2D eigenvalue weighted by atomic mass is 32.2. The van der Waals surface area contributed by atoms with E-state index in [1.807, 2.05) is 0 Å². The van der Waals surface area contributed by atoms with Crippen LogP contribution in [0.3, 0.4) is 0 Å². The van der Waals surface area contributed by atoms with Crippen molar-refractivity contribution >= 4 is 22.0 Å². The Hall–Kier alpha value is -2.06. The second kappa shape index (κ2) is 14.4. The molecule has 38 heavy (non-hydrogen) atoms. The van der Waals surface area contributed by atoms with Crippen molar-refractivity contribution in [1.82, 2.24) is 10.0 Å². The van der Waals surface area contributed by atoms with Gasteiger partial charge in [0.1, 0.15) is 42.7 Å². The Morgan fingerprint density at radius 3 is 2.24 bits per heavy atom. The molecule has 1 saturated heterocycles. The highest BCUT2D eigenvalue weighted by Gasteiger charge is 2.47. The molecule has 1 heterocycles. The van der Waals surface area contributed by atoms with Crippen LogP contribution in [0.25, 0.3) is 6.08 Å². The maximum absolute atomic E-state index is 12.3. The van der Waals surface area contributed by atoms with Gasteiger partial charge in [-0.05, 0) is 17.7 Å². The number of benzene rings is 1. The molecule has 1 aromatic rings. The molecule has 1 aliphatic heterocycles. The van der Waals surface area contributed by atoms with E-state index in [2.05, 4.69) is 16.6 Å². The Balaban J connectivity index is 1.96. The molecule has 0 saturated carbocycles. The van der Waals surface area contributed by atoms with E-state index in [4.69, 9.17) is 9.47 Å². The predicted octanol–water partition coefficient (Wildman–Crippen LogP) is -5.02.